The normalized spacial score (nSPS) is 16.3. The maximum Gasteiger partial charge on any atom is 0.416 e. The number of carbonyl (C=O) groups excluding carboxylic acids is 1. The van der Waals surface area contributed by atoms with Crippen LogP contribution in [0.5, 0.6) is 0 Å². The zero-order valence-electron chi connectivity index (χ0n) is 14.1. The number of rotatable bonds is 5. The van der Waals surface area contributed by atoms with Crippen molar-refractivity contribution in [2.75, 3.05) is 44.6 Å². The number of benzene rings is 1. The number of nitriles is 1. The van der Waals surface area contributed by atoms with Gasteiger partial charge in [-0.2, -0.15) is 18.4 Å². The van der Waals surface area contributed by atoms with Crippen molar-refractivity contribution in [1.29, 1.82) is 5.26 Å². The van der Waals surface area contributed by atoms with Crippen molar-refractivity contribution in [3.63, 3.8) is 0 Å². The Morgan fingerprint density at radius 2 is 2.00 bits per heavy atom. The van der Waals surface area contributed by atoms with Crippen LogP contribution in [-0.2, 0) is 11.0 Å². The summed E-state index contributed by atoms with van der Waals surface area (Å²) in [6, 6.07) is 6.35. The topological polar surface area (TPSA) is 85.4 Å². The van der Waals surface area contributed by atoms with Crippen LogP contribution in [0.25, 0.3) is 0 Å². The summed E-state index contributed by atoms with van der Waals surface area (Å²) in [5.74, 6) is -0.445. The quantitative estimate of drug-likeness (QED) is 0.610. The van der Waals surface area contributed by atoms with Gasteiger partial charge in [0.15, 0.2) is 0 Å². The maximum absolute atomic E-state index is 12.7. The largest absolute Gasteiger partial charge is 0.416 e. The Kier molecular flexibility index (Phi) is 6.60. The van der Waals surface area contributed by atoms with Crippen LogP contribution in [0.15, 0.2) is 36.0 Å². The van der Waals surface area contributed by atoms with Crippen molar-refractivity contribution < 1.29 is 18.0 Å². The SMILES string of the molecule is N#C/C(=C/Nc1cccc(C(F)(F)F)c1)C(=O)N1CCN(CCN)CC1. The lowest BCUT2D eigenvalue weighted by Crippen LogP contribution is -2.50. The molecule has 0 aliphatic carbocycles. The van der Waals surface area contributed by atoms with Crippen molar-refractivity contribution >= 4 is 11.6 Å². The van der Waals surface area contributed by atoms with Gasteiger partial charge in [-0.1, -0.05) is 6.07 Å². The Bertz CT molecular complexity index is 703. The molecule has 1 saturated heterocycles. The minimum absolute atomic E-state index is 0.146. The molecule has 0 aromatic heterocycles. The molecular formula is C17H20F3N5O. The predicted octanol–water partition coefficient (Wildman–Crippen LogP) is 1.63. The Morgan fingerprint density at radius 1 is 1.31 bits per heavy atom. The fourth-order valence-electron chi connectivity index (χ4n) is 2.61. The molecule has 6 nitrogen and oxygen atoms in total. The Labute approximate surface area is 149 Å². The molecule has 0 bridgehead atoms. The first-order chi connectivity index (χ1) is 12.3. The Hall–Kier alpha value is -2.57. The molecule has 1 aromatic rings. The third-order valence-electron chi connectivity index (χ3n) is 4.03. The summed E-state index contributed by atoms with van der Waals surface area (Å²) in [5, 5.41) is 11.8. The number of alkyl halides is 3. The van der Waals surface area contributed by atoms with Crippen LogP contribution < -0.4 is 11.1 Å². The second-order valence-corrected chi connectivity index (χ2v) is 5.82. The van der Waals surface area contributed by atoms with Crippen molar-refractivity contribution in [3.8, 4) is 6.07 Å². The molecule has 0 radical (unpaired) electrons. The van der Waals surface area contributed by atoms with Crippen LogP contribution in [0.4, 0.5) is 18.9 Å². The highest BCUT2D eigenvalue weighted by molar-refractivity contribution is 5.97. The smallest absolute Gasteiger partial charge is 0.360 e. The summed E-state index contributed by atoms with van der Waals surface area (Å²) in [5.41, 5.74) is 4.68. The van der Waals surface area contributed by atoms with E-state index in [0.717, 1.165) is 24.9 Å². The molecule has 9 heteroatoms. The van der Waals surface area contributed by atoms with Gasteiger partial charge in [-0.25, -0.2) is 0 Å². The molecule has 1 aliphatic heterocycles. The number of nitrogens with two attached hydrogens (primary N) is 1. The number of carbonyl (C=O) groups is 1. The molecule has 0 atom stereocenters. The second kappa shape index (κ2) is 8.69. The third-order valence-corrected chi connectivity index (χ3v) is 4.03. The van der Waals surface area contributed by atoms with Gasteiger partial charge in [-0.3, -0.25) is 9.69 Å². The molecule has 1 fully saturated rings. The van der Waals surface area contributed by atoms with Gasteiger partial charge in [0.1, 0.15) is 11.6 Å². The van der Waals surface area contributed by atoms with E-state index in [4.69, 9.17) is 5.73 Å². The lowest BCUT2D eigenvalue weighted by atomic mass is 10.2. The number of hydrogen-bond donors (Lipinski definition) is 2. The molecule has 1 aliphatic rings. The molecule has 26 heavy (non-hydrogen) atoms. The van der Waals surface area contributed by atoms with Crippen molar-refractivity contribution in [3.05, 3.63) is 41.6 Å². The molecule has 2 rings (SSSR count). The maximum atomic E-state index is 12.7. The van der Waals surface area contributed by atoms with Gasteiger partial charge in [-0.05, 0) is 18.2 Å². The summed E-state index contributed by atoms with van der Waals surface area (Å²) in [6.45, 7) is 3.58. The fourth-order valence-corrected chi connectivity index (χ4v) is 2.61. The molecule has 0 saturated carbocycles. The highest BCUT2D eigenvalue weighted by atomic mass is 19.4. The summed E-state index contributed by atoms with van der Waals surface area (Å²) in [6.07, 6.45) is -3.32. The van der Waals surface area contributed by atoms with Crippen LogP contribution in [0.1, 0.15) is 5.56 Å². The summed E-state index contributed by atoms with van der Waals surface area (Å²) < 4.78 is 38.2. The number of nitrogens with one attached hydrogen (secondary N) is 1. The molecule has 1 heterocycles. The summed E-state index contributed by atoms with van der Waals surface area (Å²) in [4.78, 5) is 16.1. The van der Waals surface area contributed by atoms with E-state index in [-0.39, 0.29) is 11.3 Å². The van der Waals surface area contributed by atoms with E-state index in [2.05, 4.69) is 10.2 Å². The lowest BCUT2D eigenvalue weighted by Gasteiger charge is -2.34. The van der Waals surface area contributed by atoms with Gasteiger partial charge in [0.05, 0.1) is 5.56 Å². The van der Waals surface area contributed by atoms with E-state index in [1.54, 1.807) is 11.0 Å². The zero-order valence-corrected chi connectivity index (χ0v) is 14.1. The van der Waals surface area contributed by atoms with Crippen LogP contribution in [0.2, 0.25) is 0 Å². The van der Waals surface area contributed by atoms with Crippen LogP contribution >= 0.6 is 0 Å². The lowest BCUT2D eigenvalue weighted by molar-refractivity contribution is -0.137. The third kappa shape index (κ3) is 5.21. The molecule has 1 aromatic carbocycles. The van der Waals surface area contributed by atoms with E-state index >= 15 is 0 Å². The Morgan fingerprint density at radius 3 is 2.58 bits per heavy atom. The molecule has 1 amide bonds. The van der Waals surface area contributed by atoms with Crippen molar-refractivity contribution in [2.45, 2.75) is 6.18 Å². The molecular weight excluding hydrogens is 347 g/mol. The van der Waals surface area contributed by atoms with Crippen molar-refractivity contribution in [1.82, 2.24) is 9.80 Å². The molecule has 140 valence electrons. The highest BCUT2D eigenvalue weighted by Crippen LogP contribution is 2.30. The first-order valence-electron chi connectivity index (χ1n) is 8.11. The van der Waals surface area contributed by atoms with Crippen molar-refractivity contribution in [2.24, 2.45) is 5.73 Å². The van der Waals surface area contributed by atoms with Crippen LogP contribution in [-0.4, -0.2) is 55.0 Å². The van der Waals surface area contributed by atoms with Gasteiger partial charge in [0, 0.05) is 51.2 Å². The molecule has 0 spiro atoms. The number of halogens is 3. The number of anilines is 1. The highest BCUT2D eigenvalue weighted by Gasteiger charge is 2.30. The minimum atomic E-state index is -4.46. The predicted molar refractivity (Wildman–Crippen MR) is 90.8 cm³/mol. The number of hydrogen-bond acceptors (Lipinski definition) is 5. The van der Waals surface area contributed by atoms with Gasteiger partial charge in [0.25, 0.3) is 5.91 Å². The Balaban J connectivity index is 2.02. The van der Waals surface area contributed by atoms with Gasteiger partial charge < -0.3 is 16.0 Å². The first kappa shape index (κ1) is 19.8. The average molecular weight is 367 g/mol. The zero-order chi connectivity index (χ0) is 19.2. The number of piperazine rings is 1. The summed E-state index contributed by atoms with van der Waals surface area (Å²) in [7, 11) is 0. The number of amides is 1. The standard InChI is InChI=1S/C17H20F3N5O/c18-17(19,20)14-2-1-3-15(10-14)23-12-13(11-22)16(26)25-8-6-24(5-4-21)7-9-25/h1-3,10,12,23H,4-9,21H2/b13-12-. The summed E-state index contributed by atoms with van der Waals surface area (Å²) >= 11 is 0. The van der Waals surface area contributed by atoms with Gasteiger partial charge in [0.2, 0.25) is 0 Å². The van der Waals surface area contributed by atoms with Crippen LogP contribution in [0.3, 0.4) is 0 Å². The van der Waals surface area contributed by atoms with E-state index in [0.29, 0.717) is 32.7 Å². The van der Waals surface area contributed by atoms with E-state index in [1.807, 2.05) is 0 Å². The monoisotopic (exact) mass is 367 g/mol. The average Bonchev–Trinajstić information content (AvgIpc) is 2.62. The fraction of sp³-hybridized carbons (Fsp3) is 0.412. The first-order valence-corrected chi connectivity index (χ1v) is 8.11. The number of nitrogens with zero attached hydrogens (tertiary/aromatic N) is 3. The molecule has 3 N–H and O–H groups in total. The molecule has 0 unspecified atom stereocenters. The van der Waals surface area contributed by atoms with E-state index < -0.39 is 17.6 Å². The van der Waals surface area contributed by atoms with E-state index in [1.165, 1.54) is 12.1 Å². The van der Waals surface area contributed by atoms with E-state index in [9.17, 15) is 23.2 Å². The van der Waals surface area contributed by atoms with Gasteiger partial charge in [-0.15, -0.1) is 0 Å². The minimum Gasteiger partial charge on any atom is -0.360 e. The second-order valence-electron chi connectivity index (χ2n) is 5.82. The van der Waals surface area contributed by atoms with Crippen LogP contribution in [0, 0.1) is 11.3 Å². The van der Waals surface area contributed by atoms with Gasteiger partial charge >= 0.3 is 6.18 Å².